The fraction of sp³-hybridized carbons (Fsp3) is 0.258. The quantitative estimate of drug-likeness (QED) is 0.178. The standard InChI is InChI=1S/C31H22F7N7O2/c32-14-3-12(4-15(33)7-14)5-22(41-24(46)11-45-28-25(27(44-45)29(35)36)17-8-19(17)31(28,37)38)26-16(9-21-23(42-26)10-40-43-21)13-1-2-20(34)18(6-13)30(39)47/h1-4,6-7,9-10,17,19,22,29H,5,8,11H2,(H2,39,47)(H,40,43)(H,41,46)/t17-,19?,22?/m0/s1. The molecule has 3 heterocycles. The van der Waals surface area contributed by atoms with Crippen molar-refractivity contribution in [2.24, 2.45) is 11.7 Å². The first-order valence-corrected chi connectivity index (χ1v) is 14.3. The number of rotatable bonds is 9. The van der Waals surface area contributed by atoms with Crippen molar-refractivity contribution in [3.63, 3.8) is 0 Å². The van der Waals surface area contributed by atoms with Gasteiger partial charge >= 0.3 is 0 Å². The summed E-state index contributed by atoms with van der Waals surface area (Å²) in [6, 6.07) is 6.45. The Bertz CT molecular complexity index is 2070. The van der Waals surface area contributed by atoms with E-state index in [0.29, 0.717) is 16.3 Å². The van der Waals surface area contributed by atoms with Crippen molar-refractivity contribution in [3.8, 4) is 11.1 Å². The van der Waals surface area contributed by atoms with Gasteiger partial charge in [-0.05, 0) is 60.2 Å². The number of benzene rings is 2. The first kappa shape index (κ1) is 30.4. The van der Waals surface area contributed by atoms with Gasteiger partial charge in [-0.1, -0.05) is 6.07 Å². The van der Waals surface area contributed by atoms with Crippen molar-refractivity contribution in [2.45, 2.75) is 43.7 Å². The van der Waals surface area contributed by atoms with E-state index >= 15 is 8.78 Å². The molecule has 4 N–H and O–H groups in total. The molecule has 2 aliphatic carbocycles. The second kappa shape index (κ2) is 10.9. The zero-order valence-corrected chi connectivity index (χ0v) is 23.9. The van der Waals surface area contributed by atoms with Crippen LogP contribution < -0.4 is 11.1 Å². The Kier molecular flexibility index (Phi) is 7.05. The van der Waals surface area contributed by atoms with Gasteiger partial charge in [-0.3, -0.25) is 19.4 Å². The van der Waals surface area contributed by atoms with Crippen molar-refractivity contribution in [1.29, 1.82) is 0 Å². The molecule has 2 aliphatic rings. The maximum atomic E-state index is 15.1. The zero-order chi connectivity index (χ0) is 33.4. The molecule has 0 aliphatic heterocycles. The van der Waals surface area contributed by atoms with Crippen molar-refractivity contribution < 1.29 is 40.3 Å². The lowest BCUT2D eigenvalue weighted by Gasteiger charge is -2.23. The average Bonchev–Trinajstić information content (AvgIpc) is 3.41. The number of aromatic amines is 1. The summed E-state index contributed by atoms with van der Waals surface area (Å²) in [5.74, 6) is -10.1. The van der Waals surface area contributed by atoms with Gasteiger partial charge < -0.3 is 11.1 Å². The molecule has 5 aromatic rings. The Morgan fingerprint density at radius 3 is 2.51 bits per heavy atom. The number of aromatic nitrogens is 5. The van der Waals surface area contributed by atoms with E-state index in [0.717, 1.165) is 24.3 Å². The lowest BCUT2D eigenvalue weighted by atomic mass is 9.94. The highest BCUT2D eigenvalue weighted by molar-refractivity contribution is 5.95. The number of carbonyl (C=O) groups excluding carboxylic acids is 2. The SMILES string of the molecule is NC(=O)c1cc(-c2cc3[nH]ncc3nc2C(Cc2cc(F)cc(F)c2)NC(=O)Cn2nc(C(F)F)c3c2C(F)(F)C2C[C@H]32)ccc1F. The molecule has 1 saturated carbocycles. The molecule has 3 atom stereocenters. The van der Waals surface area contributed by atoms with Crippen LogP contribution in [-0.4, -0.2) is 36.8 Å². The number of nitrogens with zero attached hydrogens (tertiary/aromatic N) is 4. The van der Waals surface area contributed by atoms with E-state index in [2.05, 4.69) is 25.6 Å². The number of nitrogens with one attached hydrogen (secondary N) is 2. The number of hydrogen-bond donors (Lipinski definition) is 3. The smallest absolute Gasteiger partial charge is 0.293 e. The van der Waals surface area contributed by atoms with Crippen LogP contribution in [0.25, 0.3) is 22.2 Å². The van der Waals surface area contributed by atoms with E-state index in [4.69, 9.17) is 5.73 Å². The minimum atomic E-state index is -3.47. The summed E-state index contributed by atoms with van der Waals surface area (Å²) in [5, 5.41) is 13.0. The third-order valence-electron chi connectivity index (χ3n) is 8.48. The van der Waals surface area contributed by atoms with Crippen LogP contribution in [0.4, 0.5) is 30.7 Å². The van der Waals surface area contributed by atoms with Crippen molar-refractivity contribution in [1.82, 2.24) is 30.3 Å². The molecule has 9 nitrogen and oxygen atoms in total. The van der Waals surface area contributed by atoms with Crippen molar-refractivity contribution >= 4 is 22.8 Å². The topological polar surface area (TPSA) is 132 Å². The van der Waals surface area contributed by atoms with E-state index in [1.807, 2.05) is 0 Å². The summed E-state index contributed by atoms with van der Waals surface area (Å²) in [7, 11) is 0. The highest BCUT2D eigenvalue weighted by atomic mass is 19.3. The largest absolute Gasteiger partial charge is 0.366 e. The van der Waals surface area contributed by atoms with Crippen LogP contribution in [0.15, 0.2) is 48.7 Å². The Morgan fingerprint density at radius 2 is 1.81 bits per heavy atom. The van der Waals surface area contributed by atoms with Crippen LogP contribution in [-0.2, 0) is 23.7 Å². The van der Waals surface area contributed by atoms with Crippen molar-refractivity contribution in [2.75, 3.05) is 0 Å². The van der Waals surface area contributed by atoms with E-state index < -0.39 is 83.0 Å². The van der Waals surface area contributed by atoms with Crippen LogP contribution in [0, 0.1) is 23.4 Å². The van der Waals surface area contributed by atoms with Gasteiger partial charge in [0.05, 0.1) is 29.0 Å². The van der Waals surface area contributed by atoms with Gasteiger partial charge in [0.1, 0.15) is 40.9 Å². The van der Waals surface area contributed by atoms with Crippen molar-refractivity contribution in [3.05, 3.63) is 99.9 Å². The van der Waals surface area contributed by atoms with Crippen LogP contribution in [0.3, 0.4) is 0 Å². The van der Waals surface area contributed by atoms with E-state index in [1.165, 1.54) is 18.3 Å². The summed E-state index contributed by atoms with van der Waals surface area (Å²) in [4.78, 5) is 30.1. The van der Waals surface area contributed by atoms with Gasteiger partial charge in [0.25, 0.3) is 18.3 Å². The Morgan fingerprint density at radius 1 is 1.06 bits per heavy atom. The first-order valence-electron chi connectivity index (χ1n) is 14.3. The Balaban J connectivity index is 1.31. The number of hydrogen-bond acceptors (Lipinski definition) is 5. The van der Waals surface area contributed by atoms with Gasteiger partial charge in [-0.25, -0.2) is 26.9 Å². The molecule has 0 spiro atoms. The molecule has 47 heavy (non-hydrogen) atoms. The first-order chi connectivity index (χ1) is 22.3. The summed E-state index contributed by atoms with van der Waals surface area (Å²) in [6.07, 6.45) is -2.05. The maximum Gasteiger partial charge on any atom is 0.293 e. The minimum absolute atomic E-state index is 0.0374. The van der Waals surface area contributed by atoms with Gasteiger partial charge in [-0.15, -0.1) is 0 Å². The maximum absolute atomic E-state index is 15.1. The predicted molar refractivity (Wildman–Crippen MR) is 151 cm³/mol. The molecule has 2 unspecified atom stereocenters. The summed E-state index contributed by atoms with van der Waals surface area (Å²) < 4.78 is 101. The van der Waals surface area contributed by atoms with Gasteiger partial charge in [0, 0.05) is 23.1 Å². The van der Waals surface area contributed by atoms with Gasteiger partial charge in [0.15, 0.2) is 0 Å². The molecule has 2 amide bonds. The number of primary amides is 1. The molecule has 1 fully saturated rings. The van der Waals surface area contributed by atoms with Gasteiger partial charge in [0.2, 0.25) is 5.91 Å². The number of pyridine rings is 1. The monoisotopic (exact) mass is 657 g/mol. The molecule has 2 aromatic carbocycles. The van der Waals surface area contributed by atoms with Crippen LogP contribution in [0.5, 0.6) is 0 Å². The van der Waals surface area contributed by atoms with Gasteiger partial charge in [-0.2, -0.15) is 19.0 Å². The molecule has 242 valence electrons. The Labute approximate surface area is 260 Å². The number of alkyl halides is 4. The highest BCUT2D eigenvalue weighted by Crippen LogP contribution is 2.68. The highest BCUT2D eigenvalue weighted by Gasteiger charge is 2.67. The van der Waals surface area contributed by atoms with Crippen LogP contribution in [0.2, 0.25) is 0 Å². The number of nitrogens with two attached hydrogens (primary N) is 1. The van der Waals surface area contributed by atoms with E-state index in [9.17, 15) is 31.5 Å². The number of halogens is 7. The summed E-state index contributed by atoms with van der Waals surface area (Å²) in [5.41, 5.74) is 4.35. The minimum Gasteiger partial charge on any atom is -0.366 e. The predicted octanol–water partition coefficient (Wildman–Crippen LogP) is 5.58. The third kappa shape index (κ3) is 5.26. The average molecular weight is 658 g/mol. The fourth-order valence-corrected chi connectivity index (χ4v) is 6.41. The molecule has 7 rings (SSSR count). The zero-order valence-electron chi connectivity index (χ0n) is 23.9. The number of carbonyl (C=O) groups is 2. The number of fused-ring (bicyclic) bond motifs is 4. The number of amides is 2. The van der Waals surface area contributed by atoms with Crippen LogP contribution in [0.1, 0.15) is 63.4 Å². The number of H-pyrrole nitrogens is 1. The third-order valence-corrected chi connectivity index (χ3v) is 8.48. The van der Waals surface area contributed by atoms with E-state index in [1.54, 1.807) is 0 Å². The fourth-order valence-electron chi connectivity index (χ4n) is 6.41. The van der Waals surface area contributed by atoms with Crippen LogP contribution >= 0.6 is 0 Å². The van der Waals surface area contributed by atoms with E-state index in [-0.39, 0.29) is 46.3 Å². The summed E-state index contributed by atoms with van der Waals surface area (Å²) >= 11 is 0. The molecule has 3 aromatic heterocycles. The molecular weight excluding hydrogens is 635 g/mol. The summed E-state index contributed by atoms with van der Waals surface area (Å²) in [6.45, 7) is -0.885. The molecule has 0 saturated heterocycles. The molecular formula is C31H22F7N7O2. The lowest BCUT2D eigenvalue weighted by Crippen LogP contribution is -2.35. The second-order valence-corrected chi connectivity index (χ2v) is 11.6. The molecule has 0 radical (unpaired) electrons. The molecule has 0 bridgehead atoms. The normalized spacial score (nSPS) is 18.3. The second-order valence-electron chi connectivity index (χ2n) is 11.6. The molecule has 16 heteroatoms. The lowest BCUT2D eigenvalue weighted by molar-refractivity contribution is -0.123. The Hall–Kier alpha value is -5.28.